The van der Waals surface area contributed by atoms with Crippen molar-refractivity contribution in [2.75, 3.05) is 6.54 Å². The van der Waals surface area contributed by atoms with Gasteiger partial charge in [0.15, 0.2) is 0 Å². The van der Waals surface area contributed by atoms with E-state index in [1.807, 2.05) is 13.8 Å². The third-order valence-electron chi connectivity index (χ3n) is 5.02. The number of aromatic nitrogens is 1. The highest BCUT2D eigenvalue weighted by Gasteiger charge is 2.29. The van der Waals surface area contributed by atoms with Gasteiger partial charge in [-0.3, -0.25) is 14.4 Å². The Morgan fingerprint density at radius 2 is 2.00 bits per heavy atom. The van der Waals surface area contributed by atoms with Crippen LogP contribution in [0.5, 0.6) is 0 Å². The molecule has 2 rings (SSSR count). The Morgan fingerprint density at radius 3 is 2.62 bits per heavy atom. The molecular weight excluding hydrogens is 332 g/mol. The normalized spacial score (nSPS) is 19.6. The second-order valence-corrected chi connectivity index (χ2v) is 7.44. The molecule has 26 heavy (non-hydrogen) atoms. The molecule has 1 saturated carbocycles. The van der Waals surface area contributed by atoms with Crippen molar-refractivity contribution in [2.45, 2.75) is 65.6 Å². The van der Waals surface area contributed by atoms with E-state index < -0.39 is 0 Å². The molecule has 0 aliphatic heterocycles. The van der Waals surface area contributed by atoms with Gasteiger partial charge in [-0.15, -0.1) is 0 Å². The number of hydrogen-bond donors (Lipinski definition) is 3. The summed E-state index contributed by atoms with van der Waals surface area (Å²) in [6, 6.07) is 1.47. The van der Waals surface area contributed by atoms with E-state index in [-0.39, 0.29) is 36.0 Å². The molecule has 144 valence electrons. The number of nitrogens with two attached hydrogens (primary N) is 1. The monoisotopic (exact) mass is 362 g/mol. The fourth-order valence-corrected chi connectivity index (χ4v) is 3.72. The first-order valence-corrected chi connectivity index (χ1v) is 9.26. The van der Waals surface area contributed by atoms with Gasteiger partial charge in [0, 0.05) is 23.8 Å². The van der Waals surface area contributed by atoms with Gasteiger partial charge in [-0.2, -0.15) is 0 Å². The number of aryl methyl sites for hydroxylation is 1. The van der Waals surface area contributed by atoms with Crippen molar-refractivity contribution in [3.05, 3.63) is 33.2 Å². The topological polar surface area (TPSA) is 106 Å². The fourth-order valence-electron chi connectivity index (χ4n) is 3.72. The Bertz CT molecular complexity index is 739. The number of nitrogens with one attached hydrogen (secondary N) is 2. The smallest absolute Gasteiger partial charge is 0.253 e. The molecule has 1 heterocycles. The lowest BCUT2D eigenvalue weighted by molar-refractivity contribution is -0.122. The van der Waals surface area contributed by atoms with Gasteiger partial charge in [-0.25, -0.2) is 0 Å². The molecule has 7 nitrogen and oxygen atoms in total. The van der Waals surface area contributed by atoms with Crippen molar-refractivity contribution in [3.63, 3.8) is 0 Å². The fraction of sp³-hybridized carbons (Fsp3) is 0.632. The molecule has 2 atom stereocenters. The average molecular weight is 362 g/mol. The number of nitrogens with zero attached hydrogens (tertiary/aromatic N) is 1. The van der Waals surface area contributed by atoms with Gasteiger partial charge in [-0.05, 0) is 58.6 Å². The molecule has 0 radical (unpaired) electrons. The number of rotatable bonds is 6. The Kier molecular flexibility index (Phi) is 6.58. The van der Waals surface area contributed by atoms with Crippen molar-refractivity contribution in [1.29, 1.82) is 0 Å². The Labute approximate surface area is 154 Å². The Balaban J connectivity index is 2.28. The summed E-state index contributed by atoms with van der Waals surface area (Å²) in [7, 11) is 0. The van der Waals surface area contributed by atoms with Gasteiger partial charge in [0.2, 0.25) is 5.91 Å². The molecule has 0 saturated heterocycles. The highest BCUT2D eigenvalue weighted by atomic mass is 16.2. The van der Waals surface area contributed by atoms with E-state index >= 15 is 0 Å². The van der Waals surface area contributed by atoms with E-state index in [1.54, 1.807) is 13.8 Å². The first-order chi connectivity index (χ1) is 12.2. The number of carbonyl (C=O) groups excluding carboxylic acids is 2. The summed E-state index contributed by atoms with van der Waals surface area (Å²) in [5, 5.41) is 5.84. The summed E-state index contributed by atoms with van der Waals surface area (Å²) >= 11 is 0. The molecule has 0 bridgehead atoms. The summed E-state index contributed by atoms with van der Waals surface area (Å²) in [6.07, 6.45) is 3.00. The van der Waals surface area contributed by atoms with E-state index in [0.29, 0.717) is 29.3 Å². The predicted octanol–water partition coefficient (Wildman–Crippen LogP) is 0.847. The quantitative estimate of drug-likeness (QED) is 0.697. The third-order valence-corrected chi connectivity index (χ3v) is 5.02. The first-order valence-electron chi connectivity index (χ1n) is 9.26. The van der Waals surface area contributed by atoms with Crippen molar-refractivity contribution >= 4 is 11.8 Å². The molecule has 1 aliphatic carbocycles. The first kappa shape index (κ1) is 20.2. The van der Waals surface area contributed by atoms with Crippen LogP contribution < -0.4 is 21.9 Å². The van der Waals surface area contributed by atoms with Crippen LogP contribution in [0.3, 0.4) is 0 Å². The summed E-state index contributed by atoms with van der Waals surface area (Å²) in [4.78, 5) is 37.3. The van der Waals surface area contributed by atoms with Gasteiger partial charge < -0.3 is 20.9 Å². The van der Waals surface area contributed by atoms with Crippen LogP contribution in [-0.2, 0) is 11.3 Å². The lowest BCUT2D eigenvalue weighted by Gasteiger charge is -2.22. The third kappa shape index (κ3) is 4.52. The second-order valence-electron chi connectivity index (χ2n) is 7.44. The molecule has 1 aliphatic rings. The van der Waals surface area contributed by atoms with E-state index in [4.69, 9.17) is 5.73 Å². The standard InChI is InChI=1S/C19H30N4O3/c1-11(2)21-16(24)10-23-13(4)18(12(3)8-17(23)25)19(26)22-15-7-5-6-14(15)9-20/h8,11,14-15H,5-7,9-10,20H2,1-4H3,(H,21,24)(H,22,26). The minimum absolute atomic E-state index is 0.0118. The summed E-state index contributed by atoms with van der Waals surface area (Å²) in [5.74, 6) is -0.162. The zero-order valence-electron chi connectivity index (χ0n) is 16.1. The van der Waals surface area contributed by atoms with Crippen LogP contribution in [-0.4, -0.2) is 35.0 Å². The summed E-state index contributed by atoms with van der Waals surface area (Å²) in [5.41, 5.74) is 7.10. The molecule has 0 spiro atoms. The Hall–Kier alpha value is -2.15. The van der Waals surface area contributed by atoms with Gasteiger partial charge in [0.25, 0.3) is 11.5 Å². The molecule has 4 N–H and O–H groups in total. The molecule has 1 aromatic heterocycles. The van der Waals surface area contributed by atoms with Crippen LogP contribution in [0.2, 0.25) is 0 Å². The molecule has 7 heteroatoms. The van der Waals surface area contributed by atoms with Crippen LogP contribution in [0.25, 0.3) is 0 Å². The van der Waals surface area contributed by atoms with Gasteiger partial charge in [-0.1, -0.05) is 6.42 Å². The van der Waals surface area contributed by atoms with Gasteiger partial charge >= 0.3 is 0 Å². The van der Waals surface area contributed by atoms with Gasteiger partial charge in [0.1, 0.15) is 6.54 Å². The van der Waals surface area contributed by atoms with Crippen LogP contribution in [0.4, 0.5) is 0 Å². The maximum absolute atomic E-state index is 12.9. The van der Waals surface area contributed by atoms with Crippen molar-refractivity contribution in [1.82, 2.24) is 15.2 Å². The average Bonchev–Trinajstić information content (AvgIpc) is 2.97. The lowest BCUT2D eigenvalue weighted by Crippen LogP contribution is -2.42. The molecule has 2 unspecified atom stereocenters. The zero-order valence-corrected chi connectivity index (χ0v) is 16.1. The van der Waals surface area contributed by atoms with Crippen LogP contribution in [0.15, 0.2) is 10.9 Å². The van der Waals surface area contributed by atoms with Crippen molar-refractivity contribution in [3.8, 4) is 0 Å². The van der Waals surface area contributed by atoms with Crippen molar-refractivity contribution < 1.29 is 9.59 Å². The van der Waals surface area contributed by atoms with E-state index in [0.717, 1.165) is 19.3 Å². The molecule has 2 amide bonds. The number of amides is 2. The maximum atomic E-state index is 12.9. The van der Waals surface area contributed by atoms with E-state index in [2.05, 4.69) is 10.6 Å². The predicted molar refractivity (Wildman–Crippen MR) is 101 cm³/mol. The second kappa shape index (κ2) is 8.49. The largest absolute Gasteiger partial charge is 0.352 e. The zero-order chi connectivity index (χ0) is 19.4. The highest BCUT2D eigenvalue weighted by Crippen LogP contribution is 2.25. The number of hydrogen-bond acceptors (Lipinski definition) is 4. The number of carbonyl (C=O) groups is 2. The molecular formula is C19H30N4O3. The van der Waals surface area contributed by atoms with Crippen LogP contribution >= 0.6 is 0 Å². The van der Waals surface area contributed by atoms with E-state index in [1.165, 1.54) is 10.6 Å². The number of pyridine rings is 1. The molecule has 1 aromatic rings. The van der Waals surface area contributed by atoms with Crippen LogP contribution in [0.1, 0.15) is 54.7 Å². The Morgan fingerprint density at radius 1 is 1.31 bits per heavy atom. The summed E-state index contributed by atoms with van der Waals surface area (Å²) in [6.45, 7) is 7.63. The van der Waals surface area contributed by atoms with Crippen LogP contribution in [0, 0.1) is 19.8 Å². The maximum Gasteiger partial charge on any atom is 0.253 e. The van der Waals surface area contributed by atoms with Gasteiger partial charge in [0.05, 0.1) is 5.56 Å². The minimum atomic E-state index is -0.281. The molecule has 0 aromatic carbocycles. The molecule has 1 fully saturated rings. The minimum Gasteiger partial charge on any atom is -0.352 e. The van der Waals surface area contributed by atoms with Crippen molar-refractivity contribution in [2.24, 2.45) is 11.7 Å². The summed E-state index contributed by atoms with van der Waals surface area (Å²) < 4.78 is 1.36. The SMILES string of the molecule is Cc1cc(=O)n(CC(=O)NC(C)C)c(C)c1C(=O)NC1CCCC1CN. The highest BCUT2D eigenvalue weighted by molar-refractivity contribution is 5.97. The lowest BCUT2D eigenvalue weighted by atomic mass is 10.0. The van der Waals surface area contributed by atoms with E-state index in [9.17, 15) is 14.4 Å².